The number of hydrogen-bond acceptors (Lipinski definition) is 4. The largest absolute Gasteiger partial charge is 0.381 e. The van der Waals surface area contributed by atoms with Crippen LogP contribution in [0.5, 0.6) is 0 Å². The standard InChI is InChI=1S/C21H23ClN4O2.ClH/c1-14-5-6-18-20(25-17-4-2-3-16(22)11-17)23-13-19(26(14)18)21(27)24-12-15-7-9-28-10-8-15;/h2-6,11,13,15H,7-10,12H2,1H3,(H,23,25)(H,24,27);1H. The van der Waals surface area contributed by atoms with Gasteiger partial charge in [0.05, 0.1) is 11.7 Å². The fourth-order valence-corrected chi connectivity index (χ4v) is 3.72. The van der Waals surface area contributed by atoms with Gasteiger partial charge in [-0.25, -0.2) is 4.98 Å². The molecular weight excluding hydrogens is 411 g/mol. The highest BCUT2D eigenvalue weighted by molar-refractivity contribution is 6.30. The number of hydrogen-bond donors (Lipinski definition) is 2. The molecule has 0 unspecified atom stereocenters. The summed E-state index contributed by atoms with van der Waals surface area (Å²) in [5.41, 5.74) is 3.19. The highest BCUT2D eigenvalue weighted by Crippen LogP contribution is 2.25. The average Bonchev–Trinajstić information content (AvgIpc) is 3.10. The molecule has 0 atom stereocenters. The molecule has 0 saturated carbocycles. The van der Waals surface area contributed by atoms with Crippen molar-refractivity contribution in [2.24, 2.45) is 5.92 Å². The highest BCUT2D eigenvalue weighted by atomic mass is 35.5. The minimum absolute atomic E-state index is 0. The molecule has 1 aliphatic heterocycles. The Morgan fingerprint density at radius 3 is 2.83 bits per heavy atom. The Bertz CT molecular complexity index is 1000. The van der Waals surface area contributed by atoms with E-state index < -0.39 is 0 Å². The maximum atomic E-state index is 12.8. The number of halogens is 2. The molecule has 1 aromatic carbocycles. The van der Waals surface area contributed by atoms with Crippen molar-refractivity contribution in [2.75, 3.05) is 25.1 Å². The zero-order valence-electron chi connectivity index (χ0n) is 16.2. The Morgan fingerprint density at radius 1 is 1.28 bits per heavy atom. The van der Waals surface area contributed by atoms with Crippen molar-refractivity contribution in [3.8, 4) is 0 Å². The predicted molar refractivity (Wildman–Crippen MR) is 118 cm³/mol. The summed E-state index contributed by atoms with van der Waals surface area (Å²) in [7, 11) is 0. The van der Waals surface area contributed by atoms with E-state index >= 15 is 0 Å². The SMILES string of the molecule is Cc1ccc2c(Nc3cccc(Cl)c3)ncc(C(=O)NCC3CCOCC3)n12.Cl. The first-order chi connectivity index (χ1) is 13.6. The Labute approximate surface area is 181 Å². The van der Waals surface area contributed by atoms with Gasteiger partial charge in [-0.2, -0.15) is 0 Å². The van der Waals surface area contributed by atoms with E-state index in [2.05, 4.69) is 15.6 Å². The van der Waals surface area contributed by atoms with Crippen molar-refractivity contribution in [3.05, 3.63) is 59.0 Å². The number of nitrogens with one attached hydrogen (secondary N) is 2. The number of carbonyl (C=O) groups excluding carboxylic acids is 1. The summed E-state index contributed by atoms with van der Waals surface area (Å²) >= 11 is 6.07. The summed E-state index contributed by atoms with van der Waals surface area (Å²) in [5, 5.41) is 7.00. The minimum atomic E-state index is -0.113. The summed E-state index contributed by atoms with van der Waals surface area (Å²) in [6.45, 7) is 4.18. The van der Waals surface area contributed by atoms with Crippen molar-refractivity contribution in [1.82, 2.24) is 14.7 Å². The van der Waals surface area contributed by atoms with E-state index in [9.17, 15) is 4.79 Å². The molecule has 1 saturated heterocycles. The molecule has 154 valence electrons. The molecule has 8 heteroatoms. The third-order valence-electron chi connectivity index (χ3n) is 5.09. The monoisotopic (exact) mass is 434 g/mol. The Morgan fingerprint density at radius 2 is 2.07 bits per heavy atom. The first-order valence-electron chi connectivity index (χ1n) is 9.47. The lowest BCUT2D eigenvalue weighted by Crippen LogP contribution is -2.33. The topological polar surface area (TPSA) is 67.7 Å². The second-order valence-corrected chi connectivity index (χ2v) is 7.52. The lowest BCUT2D eigenvalue weighted by atomic mass is 10.0. The third kappa shape index (κ3) is 4.83. The predicted octanol–water partition coefficient (Wildman–Crippen LogP) is 4.62. The van der Waals surface area contributed by atoms with Crippen LogP contribution in [0.4, 0.5) is 11.5 Å². The van der Waals surface area contributed by atoms with Gasteiger partial charge in [-0.05, 0) is 56.0 Å². The number of amides is 1. The lowest BCUT2D eigenvalue weighted by Gasteiger charge is -2.22. The fourth-order valence-electron chi connectivity index (χ4n) is 3.53. The van der Waals surface area contributed by atoms with Crippen molar-refractivity contribution < 1.29 is 9.53 Å². The first-order valence-corrected chi connectivity index (χ1v) is 9.85. The van der Waals surface area contributed by atoms with Crippen molar-refractivity contribution in [2.45, 2.75) is 19.8 Å². The zero-order chi connectivity index (χ0) is 19.5. The van der Waals surface area contributed by atoms with Crippen LogP contribution >= 0.6 is 24.0 Å². The number of carbonyl (C=O) groups is 1. The molecule has 2 N–H and O–H groups in total. The van der Waals surface area contributed by atoms with Gasteiger partial charge in [0.2, 0.25) is 0 Å². The van der Waals surface area contributed by atoms with Gasteiger partial charge in [-0.3, -0.25) is 4.79 Å². The molecule has 29 heavy (non-hydrogen) atoms. The number of rotatable bonds is 5. The summed E-state index contributed by atoms with van der Waals surface area (Å²) in [4.78, 5) is 17.3. The molecular formula is C21H24Cl2N4O2. The van der Waals surface area contributed by atoms with Crippen LogP contribution in [0.15, 0.2) is 42.6 Å². The maximum Gasteiger partial charge on any atom is 0.269 e. The van der Waals surface area contributed by atoms with Crippen LogP contribution in [-0.2, 0) is 4.74 Å². The number of anilines is 2. The Hall–Kier alpha value is -2.28. The lowest BCUT2D eigenvalue weighted by molar-refractivity contribution is 0.0642. The van der Waals surface area contributed by atoms with Crippen molar-refractivity contribution in [3.63, 3.8) is 0 Å². The van der Waals surface area contributed by atoms with Gasteiger partial charge in [0.1, 0.15) is 5.69 Å². The number of fused-ring (bicyclic) bond motifs is 1. The van der Waals surface area contributed by atoms with E-state index in [1.165, 1.54) is 0 Å². The molecule has 2 aromatic heterocycles. The maximum absolute atomic E-state index is 12.8. The highest BCUT2D eigenvalue weighted by Gasteiger charge is 2.18. The molecule has 1 fully saturated rings. The average molecular weight is 435 g/mol. The van der Waals surface area contributed by atoms with Gasteiger partial charge < -0.3 is 19.8 Å². The smallest absolute Gasteiger partial charge is 0.269 e. The quantitative estimate of drug-likeness (QED) is 0.614. The molecule has 1 aliphatic rings. The Kier molecular flexibility index (Phi) is 7.00. The first kappa shape index (κ1) is 21.4. The minimum Gasteiger partial charge on any atom is -0.381 e. The van der Waals surface area contributed by atoms with Gasteiger partial charge in [0.25, 0.3) is 5.91 Å². The number of ether oxygens (including phenoxy) is 1. The molecule has 3 aromatic rings. The molecule has 6 nitrogen and oxygen atoms in total. The van der Waals surface area contributed by atoms with Crippen molar-refractivity contribution >= 4 is 46.9 Å². The second-order valence-electron chi connectivity index (χ2n) is 7.09. The van der Waals surface area contributed by atoms with Crippen LogP contribution in [0.2, 0.25) is 5.02 Å². The van der Waals surface area contributed by atoms with Crippen LogP contribution in [0, 0.1) is 12.8 Å². The summed E-state index contributed by atoms with van der Waals surface area (Å²) in [6.07, 6.45) is 3.59. The molecule has 0 spiro atoms. The number of benzene rings is 1. The van der Waals surface area contributed by atoms with Gasteiger partial charge in [0, 0.05) is 36.2 Å². The van der Waals surface area contributed by atoms with E-state index in [1.54, 1.807) is 6.20 Å². The van der Waals surface area contributed by atoms with Gasteiger partial charge in [-0.1, -0.05) is 17.7 Å². The number of aromatic nitrogens is 2. The van der Waals surface area contributed by atoms with Crippen LogP contribution in [0.3, 0.4) is 0 Å². The van der Waals surface area contributed by atoms with Crippen LogP contribution in [-0.4, -0.2) is 35.1 Å². The summed E-state index contributed by atoms with van der Waals surface area (Å²) < 4.78 is 7.31. The zero-order valence-corrected chi connectivity index (χ0v) is 17.7. The Balaban J connectivity index is 0.00000240. The normalized spacial score (nSPS) is 14.4. The van der Waals surface area contributed by atoms with E-state index in [-0.39, 0.29) is 18.3 Å². The molecule has 4 rings (SSSR count). The van der Waals surface area contributed by atoms with Gasteiger partial charge >= 0.3 is 0 Å². The molecule has 0 radical (unpaired) electrons. The van der Waals surface area contributed by atoms with E-state index in [0.717, 1.165) is 43.0 Å². The van der Waals surface area contributed by atoms with E-state index in [0.29, 0.717) is 29.0 Å². The molecule has 0 bridgehead atoms. The number of nitrogens with zero attached hydrogens (tertiary/aromatic N) is 2. The second kappa shape index (κ2) is 9.48. The van der Waals surface area contributed by atoms with Crippen LogP contribution in [0.25, 0.3) is 5.52 Å². The molecule has 0 aliphatic carbocycles. The third-order valence-corrected chi connectivity index (χ3v) is 5.32. The van der Waals surface area contributed by atoms with Crippen molar-refractivity contribution in [1.29, 1.82) is 0 Å². The van der Waals surface area contributed by atoms with Crippen LogP contribution < -0.4 is 10.6 Å². The van der Waals surface area contributed by atoms with Gasteiger partial charge in [-0.15, -0.1) is 12.4 Å². The molecule has 3 heterocycles. The van der Waals surface area contributed by atoms with Crippen LogP contribution in [0.1, 0.15) is 29.0 Å². The summed E-state index contributed by atoms with van der Waals surface area (Å²) in [5.74, 6) is 1.03. The molecule has 1 amide bonds. The van der Waals surface area contributed by atoms with Gasteiger partial charge in [0.15, 0.2) is 5.82 Å². The number of aryl methyl sites for hydroxylation is 1. The summed E-state index contributed by atoms with van der Waals surface area (Å²) in [6, 6.07) is 11.4. The van der Waals surface area contributed by atoms with E-state index in [4.69, 9.17) is 16.3 Å². The fraction of sp³-hybridized carbons (Fsp3) is 0.333. The van der Waals surface area contributed by atoms with E-state index in [1.807, 2.05) is 47.7 Å².